The van der Waals surface area contributed by atoms with Gasteiger partial charge in [-0.3, -0.25) is 4.79 Å². The highest BCUT2D eigenvalue weighted by Crippen LogP contribution is 2.38. The molecule has 0 bridgehead atoms. The zero-order valence-corrected chi connectivity index (χ0v) is 24.8. The number of esters is 1. The Morgan fingerprint density at radius 3 is 2.03 bits per heavy atom. The Hall–Kier alpha value is -0.513. The zero-order chi connectivity index (χ0) is 26.7. The largest absolute Gasteiger partial charge is 0.462 e. The first kappa shape index (κ1) is 33.5. The number of carbonyl (C=O) groups is 1. The number of hydrogen-bond donors (Lipinski definition) is 2. The van der Waals surface area contributed by atoms with E-state index in [1.54, 1.807) is 21.1 Å². The maximum absolute atomic E-state index is 12.1. The summed E-state index contributed by atoms with van der Waals surface area (Å²) in [5, 5.41) is 9.76. The molecule has 204 valence electrons. The van der Waals surface area contributed by atoms with Crippen molar-refractivity contribution >= 4 is 14.3 Å². The zero-order valence-electron chi connectivity index (χ0n) is 23.8. The lowest BCUT2D eigenvalue weighted by Crippen LogP contribution is -2.46. The summed E-state index contributed by atoms with van der Waals surface area (Å²) < 4.78 is 23.9. The second-order valence-corrected chi connectivity index (χ2v) is 16.0. The summed E-state index contributed by atoms with van der Waals surface area (Å²) in [5.41, 5.74) is 6.61. The SMILES string of the molecule is CCC(=O)O[C@H](CC[C@H](N)[C@H](C[C@@H](CC)O[Si](C)(C)C(C)(C)C)OC)[C@H](C)[C@H](OC)[C@H](C)CO. The fourth-order valence-electron chi connectivity index (χ4n) is 4.10. The van der Waals surface area contributed by atoms with E-state index in [9.17, 15) is 9.90 Å². The van der Waals surface area contributed by atoms with Gasteiger partial charge in [0.25, 0.3) is 0 Å². The quantitative estimate of drug-likeness (QED) is 0.214. The van der Waals surface area contributed by atoms with Crippen molar-refractivity contribution in [2.24, 2.45) is 17.6 Å². The molecular formula is C26H55NO6Si. The normalized spacial score (nSPS) is 19.1. The molecule has 0 radical (unpaired) electrons. The molecule has 0 aromatic heterocycles. The van der Waals surface area contributed by atoms with Crippen LogP contribution < -0.4 is 5.73 Å². The molecule has 0 aromatic rings. The molecule has 0 aliphatic heterocycles. The van der Waals surface area contributed by atoms with Crippen molar-refractivity contribution in [1.82, 2.24) is 0 Å². The van der Waals surface area contributed by atoms with Gasteiger partial charge in [0.1, 0.15) is 6.10 Å². The molecule has 8 heteroatoms. The van der Waals surface area contributed by atoms with Crippen LogP contribution >= 0.6 is 0 Å². The van der Waals surface area contributed by atoms with Crippen molar-refractivity contribution in [1.29, 1.82) is 0 Å². The predicted octanol–water partition coefficient (Wildman–Crippen LogP) is 4.90. The van der Waals surface area contributed by atoms with E-state index in [1.165, 1.54) is 0 Å². The summed E-state index contributed by atoms with van der Waals surface area (Å²) >= 11 is 0. The average Bonchev–Trinajstić information content (AvgIpc) is 2.77. The van der Waals surface area contributed by atoms with Gasteiger partial charge in [-0.1, -0.05) is 48.5 Å². The Balaban J connectivity index is 5.34. The van der Waals surface area contributed by atoms with Gasteiger partial charge in [0.15, 0.2) is 8.32 Å². The molecular weight excluding hydrogens is 450 g/mol. The maximum Gasteiger partial charge on any atom is 0.305 e. The Morgan fingerprint density at radius 2 is 1.62 bits per heavy atom. The minimum atomic E-state index is -1.90. The molecule has 0 rings (SSSR count). The first-order valence-corrected chi connectivity index (χ1v) is 15.9. The van der Waals surface area contributed by atoms with E-state index in [1.807, 2.05) is 13.8 Å². The van der Waals surface area contributed by atoms with Gasteiger partial charge < -0.3 is 29.5 Å². The van der Waals surface area contributed by atoms with Crippen molar-refractivity contribution in [3.05, 3.63) is 0 Å². The molecule has 0 spiro atoms. The predicted molar refractivity (Wildman–Crippen MR) is 141 cm³/mol. The number of nitrogens with two attached hydrogens (primary N) is 1. The number of rotatable bonds is 17. The van der Waals surface area contributed by atoms with Crippen LogP contribution in [0, 0.1) is 11.8 Å². The molecule has 0 fully saturated rings. The second kappa shape index (κ2) is 15.6. The van der Waals surface area contributed by atoms with Crippen molar-refractivity contribution in [2.75, 3.05) is 20.8 Å². The molecule has 0 unspecified atom stereocenters. The van der Waals surface area contributed by atoms with Crippen LogP contribution in [0.25, 0.3) is 0 Å². The molecule has 0 heterocycles. The van der Waals surface area contributed by atoms with E-state index in [0.717, 1.165) is 12.8 Å². The lowest BCUT2D eigenvalue weighted by atomic mass is 9.86. The van der Waals surface area contributed by atoms with E-state index in [-0.39, 0.29) is 59.9 Å². The van der Waals surface area contributed by atoms with Gasteiger partial charge in [0, 0.05) is 57.6 Å². The molecule has 7 nitrogen and oxygen atoms in total. The minimum Gasteiger partial charge on any atom is -0.462 e. The maximum atomic E-state index is 12.1. The van der Waals surface area contributed by atoms with Crippen LogP contribution in [0.3, 0.4) is 0 Å². The van der Waals surface area contributed by atoms with Crippen LogP contribution in [-0.2, 0) is 23.4 Å². The topological polar surface area (TPSA) is 100 Å². The molecule has 7 atom stereocenters. The molecule has 0 aliphatic carbocycles. The van der Waals surface area contributed by atoms with Gasteiger partial charge in [-0.15, -0.1) is 0 Å². The van der Waals surface area contributed by atoms with Gasteiger partial charge >= 0.3 is 5.97 Å². The summed E-state index contributed by atoms with van der Waals surface area (Å²) in [6, 6.07) is -0.214. The Labute approximate surface area is 210 Å². The third-order valence-corrected chi connectivity index (χ3v) is 12.1. The number of methoxy groups -OCH3 is 2. The highest BCUT2D eigenvalue weighted by molar-refractivity contribution is 6.74. The summed E-state index contributed by atoms with van der Waals surface area (Å²) in [6.45, 7) is 19.2. The lowest BCUT2D eigenvalue weighted by Gasteiger charge is -2.40. The van der Waals surface area contributed by atoms with E-state index < -0.39 is 8.32 Å². The summed E-state index contributed by atoms with van der Waals surface area (Å²) in [7, 11) is 1.43. The third-order valence-electron chi connectivity index (χ3n) is 7.58. The fourth-order valence-corrected chi connectivity index (χ4v) is 5.55. The number of aliphatic hydroxyl groups is 1. The van der Waals surface area contributed by atoms with Crippen LogP contribution in [0.1, 0.15) is 80.6 Å². The van der Waals surface area contributed by atoms with Crippen LogP contribution in [0.4, 0.5) is 0 Å². The number of carbonyl (C=O) groups excluding carboxylic acids is 1. The summed E-state index contributed by atoms with van der Waals surface area (Å²) in [6.07, 6.45) is 2.56. The van der Waals surface area contributed by atoms with Crippen molar-refractivity contribution in [3.63, 3.8) is 0 Å². The van der Waals surface area contributed by atoms with E-state index >= 15 is 0 Å². The van der Waals surface area contributed by atoms with Gasteiger partial charge in [0.2, 0.25) is 0 Å². The number of ether oxygens (including phenoxy) is 3. The monoisotopic (exact) mass is 505 g/mol. The van der Waals surface area contributed by atoms with E-state index in [4.69, 9.17) is 24.4 Å². The van der Waals surface area contributed by atoms with Gasteiger partial charge in [0.05, 0.1) is 12.2 Å². The molecule has 0 saturated heterocycles. The summed E-state index contributed by atoms with van der Waals surface area (Å²) in [4.78, 5) is 12.1. The first-order chi connectivity index (χ1) is 15.7. The van der Waals surface area contributed by atoms with Crippen molar-refractivity contribution in [2.45, 2.75) is 129 Å². The molecule has 0 amide bonds. The number of aliphatic hydroxyl groups excluding tert-OH is 1. The lowest BCUT2D eigenvalue weighted by molar-refractivity contribution is -0.156. The number of hydrogen-bond acceptors (Lipinski definition) is 7. The van der Waals surface area contributed by atoms with Crippen LogP contribution in [0.2, 0.25) is 18.1 Å². The molecule has 0 aliphatic rings. The smallest absolute Gasteiger partial charge is 0.305 e. The molecule has 0 aromatic carbocycles. The minimum absolute atomic E-state index is 0.00911. The van der Waals surface area contributed by atoms with Gasteiger partial charge in [-0.25, -0.2) is 0 Å². The van der Waals surface area contributed by atoms with Gasteiger partial charge in [-0.05, 0) is 37.4 Å². The van der Waals surface area contributed by atoms with Crippen LogP contribution in [-0.4, -0.2) is 70.7 Å². The molecule has 34 heavy (non-hydrogen) atoms. The second-order valence-electron chi connectivity index (χ2n) is 11.3. The highest BCUT2D eigenvalue weighted by Gasteiger charge is 2.39. The highest BCUT2D eigenvalue weighted by atomic mass is 28.4. The standard InChI is InChI=1S/C26H55NO6Si/c1-12-20(33-34(10,11)26(5,6)7)16-23(30-8)21(27)14-15-22(32-24(29)13-2)19(4)25(31-9)18(3)17-28/h18-23,25,28H,12-17,27H2,1-11H3/t18-,19+,20-,21+,22-,23+,25-/m1/s1. The third kappa shape index (κ3) is 10.6. The first-order valence-electron chi connectivity index (χ1n) is 13.0. The Bertz CT molecular complexity index is 568. The van der Waals surface area contributed by atoms with Crippen LogP contribution in [0.15, 0.2) is 0 Å². The van der Waals surface area contributed by atoms with Crippen molar-refractivity contribution in [3.8, 4) is 0 Å². The fraction of sp³-hybridized carbons (Fsp3) is 0.962. The van der Waals surface area contributed by atoms with Gasteiger partial charge in [-0.2, -0.15) is 0 Å². The molecule has 3 N–H and O–H groups in total. The Morgan fingerprint density at radius 1 is 1.03 bits per heavy atom. The van der Waals surface area contributed by atoms with E-state index in [2.05, 4.69) is 40.8 Å². The average molecular weight is 506 g/mol. The van der Waals surface area contributed by atoms with Crippen LogP contribution in [0.5, 0.6) is 0 Å². The summed E-state index contributed by atoms with van der Waals surface area (Å²) in [5.74, 6) is -0.392. The van der Waals surface area contributed by atoms with Crippen molar-refractivity contribution < 1.29 is 28.5 Å². The Kier molecular flexibility index (Phi) is 15.3. The van der Waals surface area contributed by atoms with E-state index in [0.29, 0.717) is 19.3 Å². The molecule has 0 saturated carbocycles.